The van der Waals surface area contributed by atoms with Gasteiger partial charge in [-0.25, -0.2) is 0 Å². The number of para-hydroxylation sites is 1. The van der Waals surface area contributed by atoms with Gasteiger partial charge < -0.3 is 14.6 Å². The van der Waals surface area contributed by atoms with Crippen molar-refractivity contribution in [1.29, 1.82) is 0 Å². The monoisotopic (exact) mass is 362 g/mol. The van der Waals surface area contributed by atoms with Crippen molar-refractivity contribution in [2.24, 2.45) is 0 Å². The highest BCUT2D eigenvalue weighted by molar-refractivity contribution is 6.13. The van der Waals surface area contributed by atoms with E-state index in [9.17, 15) is 4.79 Å². The summed E-state index contributed by atoms with van der Waals surface area (Å²) in [6.07, 6.45) is 3.74. The Balaban J connectivity index is 1.67. The van der Waals surface area contributed by atoms with Crippen LogP contribution < -0.4 is 5.32 Å². The average Bonchev–Trinajstić information content (AvgIpc) is 3.27. The van der Waals surface area contributed by atoms with Crippen molar-refractivity contribution in [1.82, 2.24) is 14.3 Å². The number of anilines is 1. The van der Waals surface area contributed by atoms with Crippen LogP contribution in [0.5, 0.6) is 0 Å². The summed E-state index contributed by atoms with van der Waals surface area (Å²) in [6, 6.07) is 13.8. The topological polar surface area (TPSA) is 61.1 Å². The fourth-order valence-electron chi connectivity index (χ4n) is 3.40. The number of methoxy groups -OCH3 is 1. The molecule has 0 radical (unpaired) electrons. The van der Waals surface area contributed by atoms with Crippen LogP contribution in [0.25, 0.3) is 21.8 Å². The average molecular weight is 362 g/mol. The number of carbonyl (C=O) groups is 1. The van der Waals surface area contributed by atoms with Gasteiger partial charge in [0.15, 0.2) is 0 Å². The summed E-state index contributed by atoms with van der Waals surface area (Å²) < 4.78 is 9.16. The Morgan fingerprint density at radius 3 is 2.85 bits per heavy atom. The molecule has 27 heavy (non-hydrogen) atoms. The summed E-state index contributed by atoms with van der Waals surface area (Å²) in [5.41, 5.74) is 3.46. The molecule has 6 nitrogen and oxygen atoms in total. The van der Waals surface area contributed by atoms with Gasteiger partial charge in [0.1, 0.15) is 0 Å². The predicted molar refractivity (Wildman–Crippen MR) is 107 cm³/mol. The van der Waals surface area contributed by atoms with Crippen molar-refractivity contribution in [3.63, 3.8) is 0 Å². The van der Waals surface area contributed by atoms with Gasteiger partial charge >= 0.3 is 0 Å². The van der Waals surface area contributed by atoms with E-state index in [0.717, 1.165) is 34.0 Å². The third kappa shape index (κ3) is 3.19. The van der Waals surface area contributed by atoms with Gasteiger partial charge in [-0.15, -0.1) is 0 Å². The summed E-state index contributed by atoms with van der Waals surface area (Å²) in [5.74, 6) is -0.121. The van der Waals surface area contributed by atoms with Gasteiger partial charge in [-0.3, -0.25) is 9.48 Å². The second-order valence-corrected chi connectivity index (χ2v) is 6.43. The van der Waals surface area contributed by atoms with Crippen LogP contribution in [0.3, 0.4) is 0 Å². The maximum absolute atomic E-state index is 13.0. The summed E-state index contributed by atoms with van der Waals surface area (Å²) in [6.45, 7) is 4.13. The highest BCUT2D eigenvalue weighted by atomic mass is 16.5. The smallest absolute Gasteiger partial charge is 0.257 e. The quantitative estimate of drug-likeness (QED) is 0.566. The van der Waals surface area contributed by atoms with Crippen LogP contribution >= 0.6 is 0 Å². The molecule has 0 unspecified atom stereocenters. The second-order valence-electron chi connectivity index (χ2n) is 6.43. The molecule has 138 valence electrons. The molecule has 2 heterocycles. The number of carbonyl (C=O) groups excluding carboxylic acids is 1. The number of aromatic nitrogens is 3. The summed E-state index contributed by atoms with van der Waals surface area (Å²) in [4.78, 5) is 13.0. The molecule has 1 N–H and O–H groups in total. The van der Waals surface area contributed by atoms with Crippen molar-refractivity contribution >= 4 is 33.4 Å². The Morgan fingerprint density at radius 1 is 1.19 bits per heavy atom. The third-order valence-electron chi connectivity index (χ3n) is 4.77. The summed E-state index contributed by atoms with van der Waals surface area (Å²) in [5, 5.41) is 9.38. The number of hydrogen-bond acceptors (Lipinski definition) is 3. The molecule has 2 aromatic carbocycles. The van der Waals surface area contributed by atoms with E-state index in [1.54, 1.807) is 7.11 Å². The van der Waals surface area contributed by atoms with Gasteiger partial charge in [-0.05, 0) is 31.2 Å². The molecule has 1 amide bonds. The number of ether oxygens (including phenoxy) is 1. The molecular weight excluding hydrogens is 340 g/mol. The van der Waals surface area contributed by atoms with Crippen molar-refractivity contribution in [3.05, 3.63) is 60.4 Å². The van der Waals surface area contributed by atoms with Crippen molar-refractivity contribution in [2.45, 2.75) is 20.0 Å². The third-order valence-corrected chi connectivity index (χ3v) is 4.77. The van der Waals surface area contributed by atoms with E-state index in [-0.39, 0.29) is 5.91 Å². The Bertz CT molecular complexity index is 1110. The van der Waals surface area contributed by atoms with Crippen LogP contribution in [-0.4, -0.2) is 34.0 Å². The van der Waals surface area contributed by atoms with E-state index in [2.05, 4.69) is 15.0 Å². The number of nitrogens with one attached hydrogen (secondary N) is 1. The number of aryl methyl sites for hydroxylation is 1. The highest BCUT2D eigenvalue weighted by Gasteiger charge is 2.15. The number of nitrogens with zero attached hydrogens (tertiary/aromatic N) is 3. The minimum absolute atomic E-state index is 0.121. The molecule has 0 saturated carbocycles. The standard InChI is InChI=1S/C21H22N4O2/c1-3-25-20-12-16(9-8-15(20)13-22-25)23-21(26)18-14-24(10-11-27-2)19-7-5-4-6-17(18)19/h4-9,12-14H,3,10-11H2,1-2H3,(H,23,26). The lowest BCUT2D eigenvalue weighted by atomic mass is 10.1. The van der Waals surface area contributed by atoms with E-state index >= 15 is 0 Å². The first-order valence-electron chi connectivity index (χ1n) is 9.05. The van der Waals surface area contributed by atoms with Crippen LogP contribution in [0.1, 0.15) is 17.3 Å². The van der Waals surface area contributed by atoms with Gasteiger partial charge in [0, 0.05) is 48.4 Å². The van der Waals surface area contributed by atoms with Crippen LogP contribution in [0.15, 0.2) is 54.9 Å². The van der Waals surface area contributed by atoms with E-state index in [1.807, 2.05) is 66.5 Å². The molecular formula is C21H22N4O2. The minimum Gasteiger partial charge on any atom is -0.383 e. The maximum atomic E-state index is 13.0. The zero-order valence-electron chi connectivity index (χ0n) is 15.5. The zero-order chi connectivity index (χ0) is 18.8. The molecule has 0 atom stereocenters. The van der Waals surface area contributed by atoms with Crippen LogP contribution in [0.2, 0.25) is 0 Å². The van der Waals surface area contributed by atoms with Crippen LogP contribution in [0, 0.1) is 0 Å². The molecule has 4 aromatic rings. The molecule has 0 bridgehead atoms. The first-order chi connectivity index (χ1) is 13.2. The molecule has 0 aliphatic heterocycles. The Hall–Kier alpha value is -3.12. The first-order valence-corrected chi connectivity index (χ1v) is 9.05. The van der Waals surface area contributed by atoms with E-state index in [4.69, 9.17) is 4.74 Å². The second kappa shape index (κ2) is 7.25. The number of benzene rings is 2. The van der Waals surface area contributed by atoms with Crippen LogP contribution in [0.4, 0.5) is 5.69 Å². The van der Waals surface area contributed by atoms with E-state index in [1.165, 1.54) is 0 Å². The Morgan fingerprint density at radius 2 is 2.04 bits per heavy atom. The number of fused-ring (bicyclic) bond motifs is 2. The zero-order valence-corrected chi connectivity index (χ0v) is 15.5. The molecule has 2 aromatic heterocycles. The molecule has 0 spiro atoms. The molecule has 4 rings (SSSR count). The van der Waals surface area contributed by atoms with Crippen molar-refractivity contribution in [2.75, 3.05) is 19.0 Å². The molecule has 0 aliphatic carbocycles. The lowest BCUT2D eigenvalue weighted by Crippen LogP contribution is -2.12. The number of rotatable bonds is 6. The molecule has 6 heteroatoms. The molecule has 0 aliphatic rings. The van der Waals surface area contributed by atoms with Gasteiger partial charge in [-0.2, -0.15) is 5.10 Å². The van der Waals surface area contributed by atoms with Gasteiger partial charge in [0.2, 0.25) is 0 Å². The Labute approximate surface area is 157 Å². The van der Waals surface area contributed by atoms with Gasteiger partial charge in [0.25, 0.3) is 5.91 Å². The lowest BCUT2D eigenvalue weighted by Gasteiger charge is -2.06. The van der Waals surface area contributed by atoms with Gasteiger partial charge in [-0.1, -0.05) is 18.2 Å². The summed E-state index contributed by atoms with van der Waals surface area (Å²) in [7, 11) is 1.68. The van der Waals surface area contributed by atoms with E-state index < -0.39 is 0 Å². The minimum atomic E-state index is -0.121. The van der Waals surface area contributed by atoms with Crippen molar-refractivity contribution < 1.29 is 9.53 Å². The molecule has 0 saturated heterocycles. The maximum Gasteiger partial charge on any atom is 0.257 e. The SMILES string of the molecule is CCn1ncc2ccc(NC(=O)c3cn(CCOC)c4ccccc34)cc21. The van der Waals surface area contributed by atoms with Gasteiger partial charge in [0.05, 0.1) is 23.9 Å². The normalized spacial score (nSPS) is 11.3. The lowest BCUT2D eigenvalue weighted by molar-refractivity contribution is 0.102. The Kier molecular flexibility index (Phi) is 4.64. The predicted octanol–water partition coefficient (Wildman–Crippen LogP) is 3.91. The fourth-order valence-corrected chi connectivity index (χ4v) is 3.40. The number of amides is 1. The first kappa shape index (κ1) is 17.3. The van der Waals surface area contributed by atoms with E-state index in [0.29, 0.717) is 18.7 Å². The summed E-state index contributed by atoms with van der Waals surface area (Å²) >= 11 is 0. The fraction of sp³-hybridized carbons (Fsp3) is 0.238. The number of hydrogen-bond donors (Lipinski definition) is 1. The molecule has 0 fully saturated rings. The van der Waals surface area contributed by atoms with Crippen LogP contribution in [-0.2, 0) is 17.8 Å². The van der Waals surface area contributed by atoms with Crippen molar-refractivity contribution in [3.8, 4) is 0 Å². The largest absolute Gasteiger partial charge is 0.383 e. The highest BCUT2D eigenvalue weighted by Crippen LogP contribution is 2.24.